The van der Waals surface area contributed by atoms with Crippen LogP contribution in [-0.4, -0.2) is 63.2 Å². The van der Waals surface area contributed by atoms with Crippen molar-refractivity contribution in [3.8, 4) is 5.82 Å². The van der Waals surface area contributed by atoms with E-state index in [0.29, 0.717) is 46.2 Å². The first-order valence-corrected chi connectivity index (χ1v) is 12.9. The van der Waals surface area contributed by atoms with Crippen molar-refractivity contribution in [2.45, 2.75) is 53.0 Å². The van der Waals surface area contributed by atoms with Gasteiger partial charge in [-0.05, 0) is 49.0 Å². The van der Waals surface area contributed by atoms with Crippen LogP contribution in [-0.2, 0) is 26.0 Å². The number of aliphatic hydroxyl groups excluding tert-OH is 2. The Morgan fingerprint density at radius 1 is 1.26 bits per heavy atom. The Kier molecular flexibility index (Phi) is 5.97. The maximum atomic E-state index is 13.6. The molecule has 0 saturated carbocycles. The number of fused-ring (bicyclic) bond motifs is 3. The summed E-state index contributed by atoms with van der Waals surface area (Å²) in [6.07, 6.45) is 9.38. The molecule has 1 atom stereocenters. The van der Waals surface area contributed by atoms with Crippen LogP contribution in [0, 0.1) is 5.41 Å². The minimum Gasteiger partial charge on any atom is -0.392 e. The van der Waals surface area contributed by atoms with Crippen LogP contribution in [0.4, 0.5) is 5.82 Å². The first kappa shape index (κ1) is 25.2. The molecule has 0 spiro atoms. The van der Waals surface area contributed by atoms with Crippen molar-refractivity contribution in [3.05, 3.63) is 75.7 Å². The third kappa shape index (κ3) is 4.26. The lowest BCUT2D eigenvalue weighted by Gasteiger charge is -2.32. The van der Waals surface area contributed by atoms with Gasteiger partial charge < -0.3 is 20.0 Å². The number of hydrogen-bond donors (Lipinski definition) is 3. The zero-order valence-corrected chi connectivity index (χ0v) is 22.3. The number of hydrogen-bond acceptors (Lipinski definition) is 9. The molecule has 1 aliphatic carbocycles. The smallest absolute Gasteiger partial charge is 0.280 e. The maximum Gasteiger partial charge on any atom is 0.280 e. The largest absolute Gasteiger partial charge is 0.392 e. The molecule has 0 saturated heterocycles. The average Bonchev–Trinajstić information content (AvgIpc) is 3.59. The molecule has 6 rings (SSSR count). The Hall–Kier alpha value is -4.13. The monoisotopic (exact) mass is 529 g/mol. The van der Waals surface area contributed by atoms with E-state index in [2.05, 4.69) is 39.6 Å². The second kappa shape index (κ2) is 9.26. The van der Waals surface area contributed by atoms with Gasteiger partial charge >= 0.3 is 0 Å². The zero-order chi connectivity index (χ0) is 27.5. The second-order valence-electron chi connectivity index (χ2n) is 10.8. The Morgan fingerprint density at radius 2 is 2.08 bits per heavy atom. The van der Waals surface area contributed by atoms with Crippen LogP contribution in [0.15, 0.2) is 52.8 Å². The van der Waals surface area contributed by atoms with Crippen LogP contribution in [0.25, 0.3) is 17.0 Å². The average molecular weight is 530 g/mol. The van der Waals surface area contributed by atoms with E-state index in [4.69, 9.17) is 0 Å². The predicted octanol–water partition coefficient (Wildman–Crippen LogP) is 1.60. The molecule has 0 bridgehead atoms. The van der Waals surface area contributed by atoms with Crippen molar-refractivity contribution in [2.24, 2.45) is 10.4 Å². The highest BCUT2D eigenvalue weighted by atomic mass is 16.3. The third-order valence-corrected chi connectivity index (χ3v) is 7.37. The molecule has 0 amide bonds. The minimum absolute atomic E-state index is 0.177. The van der Waals surface area contributed by atoms with Crippen molar-refractivity contribution in [2.75, 3.05) is 7.05 Å². The first-order valence-electron chi connectivity index (χ1n) is 12.9. The summed E-state index contributed by atoms with van der Waals surface area (Å²) in [7, 11) is 1.68. The molecule has 1 aliphatic heterocycles. The molecular formula is C27H31N9O3. The Balaban J connectivity index is 1.44. The molecule has 12 heteroatoms. The Labute approximate surface area is 224 Å². The van der Waals surface area contributed by atoms with Gasteiger partial charge in [-0.15, -0.1) is 5.10 Å². The molecule has 39 heavy (non-hydrogen) atoms. The molecule has 3 N–H and O–H groups in total. The Morgan fingerprint density at radius 3 is 2.82 bits per heavy atom. The van der Waals surface area contributed by atoms with Crippen LogP contribution in [0.5, 0.6) is 0 Å². The van der Waals surface area contributed by atoms with Gasteiger partial charge in [-0.2, -0.15) is 5.01 Å². The highest BCUT2D eigenvalue weighted by Crippen LogP contribution is 2.37. The van der Waals surface area contributed by atoms with E-state index < -0.39 is 6.23 Å². The van der Waals surface area contributed by atoms with E-state index in [9.17, 15) is 15.0 Å². The number of hydrazine groups is 1. The van der Waals surface area contributed by atoms with Gasteiger partial charge in [0.2, 0.25) is 0 Å². The maximum absolute atomic E-state index is 13.6. The molecule has 12 nitrogen and oxygen atoms in total. The summed E-state index contributed by atoms with van der Waals surface area (Å²) in [5.41, 5.74) is 8.08. The number of nitrogens with one attached hydrogen (secondary N) is 1. The summed E-state index contributed by atoms with van der Waals surface area (Å²) in [4.78, 5) is 22.6. The molecule has 2 aliphatic rings. The number of nitrogens with zero attached hydrogens (tertiary/aromatic N) is 8. The van der Waals surface area contributed by atoms with E-state index in [1.807, 2.05) is 23.6 Å². The van der Waals surface area contributed by atoms with E-state index in [-0.39, 0.29) is 17.6 Å². The van der Waals surface area contributed by atoms with Crippen LogP contribution in [0.2, 0.25) is 0 Å². The molecule has 0 fully saturated rings. The van der Waals surface area contributed by atoms with Gasteiger partial charge in [0.1, 0.15) is 11.3 Å². The molecule has 5 heterocycles. The van der Waals surface area contributed by atoms with E-state index in [1.165, 1.54) is 20.8 Å². The number of rotatable bonds is 5. The van der Waals surface area contributed by atoms with Gasteiger partial charge in [-0.25, -0.2) is 9.98 Å². The third-order valence-electron chi connectivity index (χ3n) is 7.37. The van der Waals surface area contributed by atoms with E-state index in [0.717, 1.165) is 12.8 Å². The number of pyridine rings is 1. The quantitative estimate of drug-likeness (QED) is 0.354. The predicted molar refractivity (Wildman–Crippen MR) is 146 cm³/mol. The Bertz CT molecular complexity index is 1710. The number of aryl methyl sites for hydroxylation is 1. The lowest BCUT2D eigenvalue weighted by Crippen LogP contribution is -2.49. The van der Waals surface area contributed by atoms with Gasteiger partial charge in [-0.1, -0.05) is 19.1 Å². The normalized spacial score (nSPS) is 19.9. The number of aromatic nitrogens is 6. The van der Waals surface area contributed by atoms with Crippen molar-refractivity contribution in [3.63, 3.8) is 0 Å². The van der Waals surface area contributed by atoms with Gasteiger partial charge in [0.25, 0.3) is 5.56 Å². The SMILES string of the molecule is CCn1cc(N=C2C=C(c3ccnc(-n4ccn5c6c(cc5c4=O)CC(C)(C)C6)c3CO)NN(C)C2O)nn1. The van der Waals surface area contributed by atoms with E-state index >= 15 is 0 Å². The summed E-state index contributed by atoms with van der Waals surface area (Å²) >= 11 is 0. The standard InChI is InChI=1S/C27H31N9O3/c1-5-34-14-23(30-32-34)29-20-11-19(31-33(4)25(20)38)17-6-7-28-24(18(17)15-37)36-9-8-35-21(26(36)39)10-16-12-27(2,3)13-22(16)35/h6-11,14,25,31,37-38H,5,12-13,15H2,1-4H3. The summed E-state index contributed by atoms with van der Waals surface area (Å²) in [5, 5.41) is 30.7. The molecule has 4 aromatic rings. The number of aliphatic hydroxyl groups is 2. The highest BCUT2D eigenvalue weighted by molar-refractivity contribution is 6.05. The highest BCUT2D eigenvalue weighted by Gasteiger charge is 2.32. The molecule has 0 radical (unpaired) electrons. The van der Waals surface area contributed by atoms with Crippen LogP contribution in [0.1, 0.15) is 43.2 Å². The van der Waals surface area contributed by atoms with Crippen molar-refractivity contribution in [1.82, 2.24) is 39.4 Å². The van der Waals surface area contributed by atoms with Crippen molar-refractivity contribution in [1.29, 1.82) is 0 Å². The fraction of sp³-hybridized carbons (Fsp3) is 0.370. The van der Waals surface area contributed by atoms with E-state index in [1.54, 1.807) is 42.5 Å². The van der Waals surface area contributed by atoms with Crippen molar-refractivity contribution >= 4 is 22.7 Å². The minimum atomic E-state index is -1.04. The van der Waals surface area contributed by atoms with Crippen molar-refractivity contribution < 1.29 is 10.2 Å². The van der Waals surface area contributed by atoms with Crippen LogP contribution in [0.3, 0.4) is 0 Å². The molecule has 1 unspecified atom stereocenters. The zero-order valence-electron chi connectivity index (χ0n) is 22.3. The van der Waals surface area contributed by atoms with Crippen LogP contribution < -0.4 is 11.0 Å². The lowest BCUT2D eigenvalue weighted by atomic mass is 9.90. The summed E-state index contributed by atoms with van der Waals surface area (Å²) in [6, 6.07) is 3.73. The van der Waals surface area contributed by atoms with Gasteiger partial charge in [0.05, 0.1) is 24.2 Å². The number of aliphatic imine (C=N–C) groups is 1. The summed E-state index contributed by atoms with van der Waals surface area (Å²) < 4.78 is 5.10. The molecular weight excluding hydrogens is 498 g/mol. The summed E-state index contributed by atoms with van der Waals surface area (Å²) in [5.74, 6) is 0.710. The van der Waals surface area contributed by atoms with Gasteiger partial charge in [-0.3, -0.25) is 14.0 Å². The van der Waals surface area contributed by atoms with Gasteiger partial charge in [0.15, 0.2) is 12.0 Å². The molecule has 202 valence electrons. The topological polar surface area (TPSA) is 138 Å². The first-order chi connectivity index (χ1) is 18.7. The van der Waals surface area contributed by atoms with Crippen LogP contribution >= 0.6 is 0 Å². The second-order valence-corrected chi connectivity index (χ2v) is 10.8. The fourth-order valence-corrected chi connectivity index (χ4v) is 5.48. The molecule has 0 aromatic carbocycles. The summed E-state index contributed by atoms with van der Waals surface area (Å²) in [6.45, 7) is 6.71. The fourth-order valence-electron chi connectivity index (χ4n) is 5.48. The molecule has 4 aromatic heterocycles. The lowest BCUT2D eigenvalue weighted by molar-refractivity contribution is 0.0533. The van der Waals surface area contributed by atoms with Gasteiger partial charge in [0, 0.05) is 49.0 Å².